The van der Waals surface area contributed by atoms with Gasteiger partial charge in [-0.05, 0) is 31.2 Å². The zero-order valence-electron chi connectivity index (χ0n) is 14.4. The van der Waals surface area contributed by atoms with E-state index < -0.39 is 29.6 Å². The fraction of sp³-hybridized carbons (Fsp3) is 0.111. The number of nitrogens with one attached hydrogen (secondary N) is 1. The lowest BCUT2D eigenvalue weighted by atomic mass is 10.2. The van der Waals surface area contributed by atoms with Gasteiger partial charge in [0, 0.05) is 23.1 Å². The van der Waals surface area contributed by atoms with Crippen LogP contribution in [0.2, 0.25) is 0 Å². The van der Waals surface area contributed by atoms with Crippen molar-refractivity contribution in [3.05, 3.63) is 70.5 Å². The van der Waals surface area contributed by atoms with Crippen LogP contribution in [-0.4, -0.2) is 23.0 Å². The summed E-state index contributed by atoms with van der Waals surface area (Å²) in [5, 5.41) is 15.8. The molecule has 0 aliphatic rings. The lowest BCUT2D eigenvalue weighted by Gasteiger charge is -2.11. The first-order valence-corrected chi connectivity index (χ1v) is 8.84. The molecule has 1 atom stereocenters. The number of ether oxygens (including phenoxy) is 1. The Morgan fingerprint density at radius 3 is 2.75 bits per heavy atom. The number of hydrogen-bond donors (Lipinski definition) is 1. The first-order valence-electron chi connectivity index (χ1n) is 7.96. The Morgan fingerprint density at radius 2 is 2.04 bits per heavy atom. The molecule has 0 saturated heterocycles. The summed E-state index contributed by atoms with van der Waals surface area (Å²) in [4.78, 5) is 28.3. The highest BCUT2D eigenvalue weighted by atomic mass is 32.1. The van der Waals surface area contributed by atoms with Crippen LogP contribution >= 0.6 is 11.3 Å². The molecule has 3 aromatic rings. The van der Waals surface area contributed by atoms with Crippen LogP contribution in [0.5, 0.6) is 0 Å². The summed E-state index contributed by atoms with van der Waals surface area (Å²) in [7, 11) is 0. The van der Waals surface area contributed by atoms with E-state index >= 15 is 0 Å². The highest BCUT2D eigenvalue weighted by Crippen LogP contribution is 2.26. The average molecular weight is 405 g/mol. The number of pyridine rings is 1. The molecule has 0 radical (unpaired) electrons. The number of nitrogens with zero attached hydrogens (tertiary/aromatic N) is 2. The van der Waals surface area contributed by atoms with Gasteiger partial charge in [0.15, 0.2) is 29.1 Å². The van der Waals surface area contributed by atoms with E-state index in [0.717, 1.165) is 29.7 Å². The molecule has 0 spiro atoms. The predicted octanol–water partition coefficient (Wildman–Crippen LogP) is 2.91. The van der Waals surface area contributed by atoms with Gasteiger partial charge < -0.3 is 9.94 Å². The summed E-state index contributed by atoms with van der Waals surface area (Å²) in [6.07, 6.45) is -0.0557. The summed E-state index contributed by atoms with van der Waals surface area (Å²) in [6, 6.07) is 7.56. The van der Waals surface area contributed by atoms with Crippen LogP contribution in [0, 0.1) is 16.8 Å². The second-order valence-electron chi connectivity index (χ2n) is 5.62. The molecular weight excluding hydrogens is 392 g/mol. The number of aromatic nitrogens is 2. The minimum absolute atomic E-state index is 0.186. The van der Waals surface area contributed by atoms with Crippen molar-refractivity contribution in [2.24, 2.45) is 0 Å². The van der Waals surface area contributed by atoms with Gasteiger partial charge in [-0.2, -0.15) is 4.73 Å². The molecule has 1 N–H and O–H groups in total. The molecule has 1 amide bonds. The van der Waals surface area contributed by atoms with Gasteiger partial charge in [-0.3, -0.25) is 10.1 Å². The van der Waals surface area contributed by atoms with E-state index in [4.69, 9.17) is 4.74 Å². The molecule has 3 rings (SSSR count). The Balaban J connectivity index is 1.64. The Hall–Kier alpha value is -3.40. The fourth-order valence-corrected chi connectivity index (χ4v) is 2.91. The number of halogens is 2. The molecule has 0 aliphatic heterocycles. The molecule has 10 heteroatoms. The van der Waals surface area contributed by atoms with Crippen LogP contribution in [0.15, 0.2) is 48.0 Å². The number of amides is 1. The fourth-order valence-electron chi connectivity index (χ4n) is 2.19. The number of esters is 1. The molecule has 0 aliphatic carbocycles. The normalized spacial score (nSPS) is 11.7. The summed E-state index contributed by atoms with van der Waals surface area (Å²) in [5.41, 5.74) is 0.441. The van der Waals surface area contributed by atoms with Gasteiger partial charge in [0.05, 0.1) is 5.69 Å². The largest absolute Gasteiger partial charge is 0.618 e. The smallest absolute Gasteiger partial charge is 0.405 e. The molecule has 2 aromatic heterocycles. The molecule has 2 heterocycles. The Kier molecular flexibility index (Phi) is 5.59. The topological polar surface area (TPSA) is 95.2 Å². The number of thiazole rings is 1. The van der Waals surface area contributed by atoms with Crippen molar-refractivity contribution in [3.63, 3.8) is 0 Å². The molecular formula is C18H13F2N3O4S. The van der Waals surface area contributed by atoms with Gasteiger partial charge in [0.1, 0.15) is 0 Å². The zero-order valence-corrected chi connectivity index (χ0v) is 15.2. The second-order valence-corrected chi connectivity index (χ2v) is 6.47. The molecule has 0 saturated carbocycles. The lowest BCUT2D eigenvalue weighted by Crippen LogP contribution is -2.37. The third-order valence-electron chi connectivity index (χ3n) is 3.64. The minimum atomic E-state index is -1.19. The van der Waals surface area contributed by atoms with Crippen LogP contribution in [0.1, 0.15) is 17.4 Å². The summed E-state index contributed by atoms with van der Waals surface area (Å²) in [5.74, 6) is -3.58. The van der Waals surface area contributed by atoms with E-state index in [9.17, 15) is 23.6 Å². The SMILES string of the molecule is C[C@H](OC(=O)c1cccc[n+]1[O-])C(=O)Nc1nc(-c2ccc(F)c(F)c2)cs1. The lowest BCUT2D eigenvalue weighted by molar-refractivity contribution is -0.608. The number of carbonyl (C=O) groups is 2. The van der Waals surface area contributed by atoms with E-state index in [1.807, 2.05) is 0 Å². The molecule has 7 nitrogen and oxygen atoms in total. The summed E-state index contributed by atoms with van der Waals surface area (Å²) < 4.78 is 31.7. The highest BCUT2D eigenvalue weighted by Gasteiger charge is 2.24. The van der Waals surface area contributed by atoms with Gasteiger partial charge >= 0.3 is 11.7 Å². The van der Waals surface area contributed by atoms with Gasteiger partial charge in [-0.25, -0.2) is 18.6 Å². The Morgan fingerprint density at radius 1 is 1.25 bits per heavy atom. The first kappa shape index (κ1) is 19.4. The van der Waals surface area contributed by atoms with Crippen molar-refractivity contribution < 1.29 is 27.8 Å². The van der Waals surface area contributed by atoms with Crippen molar-refractivity contribution in [1.29, 1.82) is 0 Å². The van der Waals surface area contributed by atoms with E-state index in [1.165, 1.54) is 31.2 Å². The number of benzene rings is 1. The highest BCUT2D eigenvalue weighted by molar-refractivity contribution is 7.14. The molecule has 0 fully saturated rings. The third-order valence-corrected chi connectivity index (χ3v) is 4.39. The quantitative estimate of drug-likeness (QED) is 0.400. The Labute approximate surface area is 161 Å². The summed E-state index contributed by atoms with van der Waals surface area (Å²) in [6.45, 7) is 1.34. The van der Waals surface area contributed by atoms with Gasteiger partial charge in [-0.1, -0.05) is 0 Å². The molecule has 0 unspecified atom stereocenters. The van der Waals surface area contributed by atoms with Crippen molar-refractivity contribution in [2.45, 2.75) is 13.0 Å². The standard InChI is InChI=1S/C18H13F2N3O4S/c1-10(27-17(25)15-4-2-3-7-23(15)26)16(24)22-18-21-14(9-28-18)11-5-6-12(19)13(20)8-11/h2-10H,1H3,(H,21,22,24)/t10-/m0/s1. The maximum atomic E-state index is 13.3. The van der Waals surface area contributed by atoms with Crippen molar-refractivity contribution in [1.82, 2.24) is 4.98 Å². The molecule has 144 valence electrons. The maximum Gasteiger partial charge on any atom is 0.405 e. The third kappa shape index (κ3) is 4.29. The van der Waals surface area contributed by atoms with E-state index in [-0.39, 0.29) is 10.8 Å². The number of rotatable bonds is 5. The zero-order chi connectivity index (χ0) is 20.3. The number of hydrogen-bond acceptors (Lipinski definition) is 6. The van der Waals surface area contributed by atoms with Gasteiger partial charge in [0.25, 0.3) is 5.91 Å². The first-order chi connectivity index (χ1) is 13.3. The van der Waals surface area contributed by atoms with E-state index in [0.29, 0.717) is 16.0 Å². The van der Waals surface area contributed by atoms with Crippen LogP contribution in [0.4, 0.5) is 13.9 Å². The van der Waals surface area contributed by atoms with Gasteiger partial charge in [-0.15, -0.1) is 11.3 Å². The van der Waals surface area contributed by atoms with Gasteiger partial charge in [0.2, 0.25) is 0 Å². The molecule has 1 aromatic carbocycles. The van der Waals surface area contributed by atoms with Crippen molar-refractivity contribution >= 4 is 28.3 Å². The molecule has 0 bridgehead atoms. The minimum Gasteiger partial charge on any atom is -0.618 e. The van der Waals surface area contributed by atoms with Crippen LogP contribution in [0.3, 0.4) is 0 Å². The van der Waals surface area contributed by atoms with Crippen LogP contribution in [0.25, 0.3) is 11.3 Å². The number of anilines is 1. The molecule has 28 heavy (non-hydrogen) atoms. The second kappa shape index (κ2) is 8.09. The van der Waals surface area contributed by atoms with Crippen molar-refractivity contribution in [3.8, 4) is 11.3 Å². The summed E-state index contributed by atoms with van der Waals surface area (Å²) >= 11 is 1.06. The Bertz CT molecular complexity index is 1040. The monoisotopic (exact) mass is 405 g/mol. The van der Waals surface area contributed by atoms with E-state index in [2.05, 4.69) is 10.3 Å². The van der Waals surface area contributed by atoms with Crippen molar-refractivity contribution in [2.75, 3.05) is 5.32 Å². The predicted molar refractivity (Wildman–Crippen MR) is 96.4 cm³/mol. The van der Waals surface area contributed by atoms with E-state index in [1.54, 1.807) is 5.38 Å². The number of carbonyl (C=O) groups excluding carboxylic acids is 2. The van der Waals surface area contributed by atoms with Crippen LogP contribution < -0.4 is 10.0 Å². The van der Waals surface area contributed by atoms with Crippen LogP contribution in [-0.2, 0) is 9.53 Å². The average Bonchev–Trinajstić information content (AvgIpc) is 3.12. The maximum absolute atomic E-state index is 13.3.